The van der Waals surface area contributed by atoms with Gasteiger partial charge in [-0.3, -0.25) is 9.88 Å². The van der Waals surface area contributed by atoms with Crippen LogP contribution in [0.1, 0.15) is 36.9 Å². The van der Waals surface area contributed by atoms with Gasteiger partial charge in [0.1, 0.15) is 0 Å². The molecule has 2 rings (SSSR count). The van der Waals surface area contributed by atoms with Crippen molar-refractivity contribution in [2.45, 2.75) is 46.4 Å². The van der Waals surface area contributed by atoms with Crippen molar-refractivity contribution in [1.29, 1.82) is 0 Å². The summed E-state index contributed by atoms with van der Waals surface area (Å²) in [5.41, 5.74) is 2.38. The fourth-order valence-electron chi connectivity index (χ4n) is 2.11. The molecule has 4 heteroatoms. The molecule has 0 atom stereocenters. The normalized spacial score (nSPS) is 11.5. The van der Waals surface area contributed by atoms with Crippen LogP contribution in [0.25, 0.3) is 0 Å². The summed E-state index contributed by atoms with van der Waals surface area (Å²) < 4.78 is 0. The summed E-state index contributed by atoms with van der Waals surface area (Å²) in [6.07, 6.45) is 1.99. The van der Waals surface area contributed by atoms with Crippen LogP contribution in [0.4, 0.5) is 0 Å². The minimum Gasteiger partial charge on any atom is -0.310 e. The Morgan fingerprint density at radius 1 is 1.24 bits per heavy atom. The second-order valence-electron chi connectivity index (χ2n) is 5.58. The Labute approximate surface area is 132 Å². The molecule has 0 fully saturated rings. The lowest BCUT2D eigenvalue weighted by atomic mass is 10.2. The molecule has 0 aliphatic heterocycles. The minimum absolute atomic E-state index is 0.506. The predicted octanol–water partition coefficient (Wildman–Crippen LogP) is 3.66. The summed E-state index contributed by atoms with van der Waals surface area (Å²) in [4.78, 5) is 8.42. The van der Waals surface area contributed by atoms with Crippen molar-refractivity contribution in [3.63, 3.8) is 0 Å². The van der Waals surface area contributed by atoms with Gasteiger partial charge in [-0.1, -0.05) is 32.9 Å². The molecule has 21 heavy (non-hydrogen) atoms. The van der Waals surface area contributed by atoms with E-state index in [2.05, 4.69) is 65.6 Å². The molecule has 3 nitrogen and oxygen atoms in total. The van der Waals surface area contributed by atoms with Crippen molar-refractivity contribution >= 4 is 11.3 Å². The molecule has 2 aromatic heterocycles. The highest BCUT2D eigenvalue weighted by Gasteiger charge is 2.07. The van der Waals surface area contributed by atoms with E-state index < -0.39 is 0 Å². The van der Waals surface area contributed by atoms with E-state index in [9.17, 15) is 0 Å². The fraction of sp³-hybridized carbons (Fsp3) is 0.471. The lowest BCUT2D eigenvalue weighted by Crippen LogP contribution is -2.23. The number of thiophene rings is 1. The summed E-state index contributed by atoms with van der Waals surface area (Å²) in [6, 6.07) is 9.14. The maximum Gasteiger partial charge on any atom is 0.0544 e. The van der Waals surface area contributed by atoms with Gasteiger partial charge in [-0.25, -0.2) is 0 Å². The summed E-state index contributed by atoms with van der Waals surface area (Å²) >= 11 is 1.82. The highest BCUT2D eigenvalue weighted by Crippen LogP contribution is 2.13. The molecule has 1 N–H and O–H groups in total. The average molecular weight is 303 g/mol. The Hall–Kier alpha value is -1.23. The standard InChI is InChI=1S/C17H25N3S/c1-4-20(13-17-6-5-9-21-17)12-16-8-7-15(11-19-16)10-18-14(2)3/h5-9,11,14,18H,4,10,12-13H2,1-3H3. The lowest BCUT2D eigenvalue weighted by Gasteiger charge is -2.19. The third-order valence-corrected chi connectivity index (χ3v) is 4.25. The van der Waals surface area contributed by atoms with Gasteiger partial charge in [-0.05, 0) is 29.6 Å². The molecule has 0 saturated carbocycles. The van der Waals surface area contributed by atoms with E-state index in [1.54, 1.807) is 0 Å². The largest absolute Gasteiger partial charge is 0.310 e. The van der Waals surface area contributed by atoms with Crippen LogP contribution >= 0.6 is 11.3 Å². The maximum atomic E-state index is 4.60. The Morgan fingerprint density at radius 2 is 2.10 bits per heavy atom. The first-order valence-corrected chi connectivity index (χ1v) is 8.47. The number of pyridine rings is 1. The topological polar surface area (TPSA) is 28.2 Å². The van der Waals surface area contributed by atoms with Gasteiger partial charge in [0.25, 0.3) is 0 Å². The van der Waals surface area contributed by atoms with E-state index >= 15 is 0 Å². The second kappa shape index (κ2) is 8.27. The lowest BCUT2D eigenvalue weighted by molar-refractivity contribution is 0.270. The molecule has 0 spiro atoms. The number of rotatable bonds is 8. The first kappa shape index (κ1) is 16.1. The minimum atomic E-state index is 0.506. The molecule has 0 amide bonds. The van der Waals surface area contributed by atoms with E-state index in [0.29, 0.717) is 6.04 Å². The van der Waals surface area contributed by atoms with Crippen molar-refractivity contribution in [3.8, 4) is 0 Å². The van der Waals surface area contributed by atoms with Crippen LogP contribution in [-0.4, -0.2) is 22.5 Å². The van der Waals surface area contributed by atoms with Gasteiger partial charge in [0.15, 0.2) is 0 Å². The highest BCUT2D eigenvalue weighted by molar-refractivity contribution is 7.09. The van der Waals surface area contributed by atoms with Crippen LogP contribution in [0, 0.1) is 0 Å². The van der Waals surface area contributed by atoms with Crippen molar-refractivity contribution in [2.75, 3.05) is 6.54 Å². The van der Waals surface area contributed by atoms with E-state index in [-0.39, 0.29) is 0 Å². The molecule has 0 aliphatic rings. The zero-order valence-corrected chi connectivity index (χ0v) is 14.0. The van der Waals surface area contributed by atoms with Crippen LogP contribution in [-0.2, 0) is 19.6 Å². The van der Waals surface area contributed by atoms with Crippen LogP contribution in [0.15, 0.2) is 35.8 Å². The molecule has 0 saturated heterocycles. The number of nitrogens with one attached hydrogen (secondary N) is 1. The Kier molecular flexibility index (Phi) is 6.36. The third-order valence-electron chi connectivity index (χ3n) is 3.39. The molecule has 0 unspecified atom stereocenters. The summed E-state index contributed by atoms with van der Waals surface area (Å²) in [5.74, 6) is 0. The summed E-state index contributed by atoms with van der Waals surface area (Å²) in [6.45, 7) is 10.4. The van der Waals surface area contributed by atoms with Crippen LogP contribution in [0.3, 0.4) is 0 Å². The zero-order chi connectivity index (χ0) is 15.1. The third kappa shape index (κ3) is 5.58. The summed E-state index contributed by atoms with van der Waals surface area (Å²) in [5, 5.41) is 5.55. The van der Waals surface area contributed by atoms with Crippen LogP contribution in [0.2, 0.25) is 0 Å². The molecule has 2 heterocycles. The molecule has 2 aromatic rings. The van der Waals surface area contributed by atoms with E-state index in [0.717, 1.165) is 31.9 Å². The molecule has 114 valence electrons. The monoisotopic (exact) mass is 303 g/mol. The second-order valence-corrected chi connectivity index (χ2v) is 6.61. The van der Waals surface area contributed by atoms with Crippen LogP contribution < -0.4 is 5.32 Å². The number of nitrogens with zero attached hydrogens (tertiary/aromatic N) is 2. The van der Waals surface area contributed by atoms with Gasteiger partial charge >= 0.3 is 0 Å². The van der Waals surface area contributed by atoms with Gasteiger partial charge in [0.2, 0.25) is 0 Å². The van der Waals surface area contributed by atoms with Crippen molar-refractivity contribution in [2.24, 2.45) is 0 Å². The zero-order valence-electron chi connectivity index (χ0n) is 13.2. The quantitative estimate of drug-likeness (QED) is 0.806. The van der Waals surface area contributed by atoms with Gasteiger partial charge in [-0.2, -0.15) is 0 Å². The van der Waals surface area contributed by atoms with E-state index in [4.69, 9.17) is 0 Å². The number of hydrogen-bond acceptors (Lipinski definition) is 4. The highest BCUT2D eigenvalue weighted by atomic mass is 32.1. The van der Waals surface area contributed by atoms with Crippen molar-refractivity contribution < 1.29 is 0 Å². The molecular weight excluding hydrogens is 278 g/mol. The first-order chi connectivity index (χ1) is 10.2. The van der Waals surface area contributed by atoms with Crippen molar-refractivity contribution in [1.82, 2.24) is 15.2 Å². The first-order valence-electron chi connectivity index (χ1n) is 7.59. The Bertz CT molecular complexity index is 505. The van der Waals surface area contributed by atoms with Gasteiger partial charge in [0.05, 0.1) is 5.69 Å². The molecular formula is C17H25N3S. The predicted molar refractivity (Wildman–Crippen MR) is 90.3 cm³/mol. The number of hydrogen-bond donors (Lipinski definition) is 1. The van der Waals surface area contributed by atoms with E-state index in [1.807, 2.05) is 17.5 Å². The van der Waals surface area contributed by atoms with Gasteiger partial charge in [-0.15, -0.1) is 11.3 Å². The molecule has 0 aliphatic carbocycles. The van der Waals surface area contributed by atoms with Crippen molar-refractivity contribution in [3.05, 3.63) is 52.0 Å². The fourth-order valence-corrected chi connectivity index (χ4v) is 2.85. The van der Waals surface area contributed by atoms with E-state index in [1.165, 1.54) is 10.4 Å². The molecule has 0 aromatic carbocycles. The smallest absolute Gasteiger partial charge is 0.0544 e. The molecule has 0 radical (unpaired) electrons. The Balaban J connectivity index is 1.88. The van der Waals surface area contributed by atoms with Crippen LogP contribution in [0.5, 0.6) is 0 Å². The molecule has 0 bridgehead atoms. The Morgan fingerprint density at radius 3 is 2.67 bits per heavy atom. The number of aromatic nitrogens is 1. The summed E-state index contributed by atoms with van der Waals surface area (Å²) in [7, 11) is 0. The maximum absolute atomic E-state index is 4.60. The SMILES string of the molecule is CCN(Cc1ccc(CNC(C)C)cn1)Cc1cccs1. The van der Waals surface area contributed by atoms with Gasteiger partial charge < -0.3 is 5.32 Å². The average Bonchev–Trinajstić information content (AvgIpc) is 2.98. The van der Waals surface area contributed by atoms with Gasteiger partial charge in [0, 0.05) is 36.8 Å².